The summed E-state index contributed by atoms with van der Waals surface area (Å²) in [5.41, 5.74) is 2.13. The molecule has 180 valence electrons. The molecule has 0 spiro atoms. The number of rotatable bonds is 10. The highest BCUT2D eigenvalue weighted by molar-refractivity contribution is 5.95. The van der Waals surface area contributed by atoms with E-state index in [1.54, 1.807) is 43.3 Å². The van der Waals surface area contributed by atoms with Crippen LogP contribution in [0.3, 0.4) is 0 Å². The molecule has 0 fully saturated rings. The van der Waals surface area contributed by atoms with Crippen molar-refractivity contribution in [1.82, 2.24) is 10.2 Å². The molecule has 1 aliphatic heterocycles. The predicted molar refractivity (Wildman–Crippen MR) is 126 cm³/mol. The number of allylic oxidation sites excluding steroid dienone is 1. The van der Waals surface area contributed by atoms with Crippen LogP contribution in [0.25, 0.3) is 0 Å². The van der Waals surface area contributed by atoms with Crippen molar-refractivity contribution < 1.29 is 28.6 Å². The molecule has 9 nitrogen and oxygen atoms in total. The van der Waals surface area contributed by atoms with E-state index in [0.717, 1.165) is 0 Å². The van der Waals surface area contributed by atoms with Crippen molar-refractivity contribution in [2.75, 3.05) is 38.8 Å². The van der Waals surface area contributed by atoms with Crippen molar-refractivity contribution in [2.45, 2.75) is 19.9 Å². The Kier molecular flexibility index (Phi) is 8.64. The Morgan fingerprint density at radius 3 is 2.41 bits per heavy atom. The Bertz CT molecular complexity index is 1040. The fourth-order valence-corrected chi connectivity index (χ4v) is 3.59. The summed E-state index contributed by atoms with van der Waals surface area (Å²) in [4.78, 5) is 39.1. The van der Waals surface area contributed by atoms with E-state index in [1.165, 1.54) is 12.0 Å². The Hall–Kier alpha value is -3.85. The van der Waals surface area contributed by atoms with E-state index in [-0.39, 0.29) is 31.8 Å². The van der Waals surface area contributed by atoms with Crippen LogP contribution >= 0.6 is 0 Å². The van der Waals surface area contributed by atoms with Gasteiger partial charge in [-0.1, -0.05) is 30.3 Å². The van der Waals surface area contributed by atoms with Gasteiger partial charge in [0.1, 0.15) is 12.4 Å². The molecule has 1 atom stereocenters. The average molecular weight is 468 g/mol. The zero-order valence-electron chi connectivity index (χ0n) is 19.5. The minimum atomic E-state index is -0.684. The van der Waals surface area contributed by atoms with Gasteiger partial charge in [0.2, 0.25) is 0 Å². The topological polar surface area (TPSA) is 106 Å². The van der Waals surface area contributed by atoms with Crippen molar-refractivity contribution in [3.63, 3.8) is 0 Å². The van der Waals surface area contributed by atoms with E-state index in [0.29, 0.717) is 34.8 Å². The summed E-state index contributed by atoms with van der Waals surface area (Å²) in [6, 6.07) is 15.0. The van der Waals surface area contributed by atoms with Crippen molar-refractivity contribution in [3.8, 4) is 5.75 Å². The van der Waals surface area contributed by atoms with Crippen molar-refractivity contribution in [3.05, 3.63) is 71.4 Å². The number of carbonyl (C=O) groups excluding carboxylic acids is 3. The van der Waals surface area contributed by atoms with Gasteiger partial charge in [0.25, 0.3) is 5.91 Å². The van der Waals surface area contributed by atoms with Gasteiger partial charge in [-0.05, 0) is 43.7 Å². The largest absolute Gasteiger partial charge is 0.484 e. The highest BCUT2D eigenvalue weighted by Crippen LogP contribution is 2.31. The van der Waals surface area contributed by atoms with Gasteiger partial charge in [-0.25, -0.2) is 9.59 Å². The standard InChI is InChI=1S/C25H29N3O6/c1-4-28-17(2)22(24(30)33-15-14-32-3)23(27-25(28)31)18-10-12-19(13-11-18)26-21(29)16-34-20-8-6-5-7-9-20/h5-13,23H,4,14-16H2,1-3H3,(H,26,29)(H,27,31). The molecule has 9 heteroatoms. The summed E-state index contributed by atoms with van der Waals surface area (Å²) in [5, 5.41) is 5.64. The zero-order chi connectivity index (χ0) is 24.5. The smallest absolute Gasteiger partial charge is 0.338 e. The van der Waals surface area contributed by atoms with Gasteiger partial charge < -0.3 is 24.8 Å². The number of amides is 3. The third kappa shape index (κ3) is 6.14. The van der Waals surface area contributed by atoms with Crippen LogP contribution in [-0.4, -0.2) is 56.3 Å². The normalized spacial score (nSPS) is 15.6. The number of carbonyl (C=O) groups is 3. The number of ether oxygens (including phenoxy) is 3. The predicted octanol–water partition coefficient (Wildman–Crippen LogP) is 3.25. The molecule has 1 heterocycles. The van der Waals surface area contributed by atoms with Gasteiger partial charge in [-0.3, -0.25) is 9.69 Å². The number of nitrogens with zero attached hydrogens (tertiary/aromatic N) is 1. The fourth-order valence-electron chi connectivity index (χ4n) is 3.59. The summed E-state index contributed by atoms with van der Waals surface area (Å²) >= 11 is 0. The van der Waals surface area contributed by atoms with Gasteiger partial charge in [0.05, 0.1) is 18.2 Å². The number of esters is 1. The minimum Gasteiger partial charge on any atom is -0.484 e. The van der Waals surface area contributed by atoms with Crippen molar-refractivity contribution >= 4 is 23.6 Å². The Balaban J connectivity index is 1.72. The van der Waals surface area contributed by atoms with Crippen molar-refractivity contribution in [2.24, 2.45) is 0 Å². The van der Waals surface area contributed by atoms with E-state index in [9.17, 15) is 14.4 Å². The lowest BCUT2D eigenvalue weighted by Gasteiger charge is -2.34. The van der Waals surface area contributed by atoms with Gasteiger partial charge >= 0.3 is 12.0 Å². The van der Waals surface area contributed by atoms with E-state index in [2.05, 4.69) is 10.6 Å². The number of hydrogen-bond donors (Lipinski definition) is 2. The van der Waals surface area contributed by atoms with E-state index >= 15 is 0 Å². The van der Waals surface area contributed by atoms with E-state index in [4.69, 9.17) is 14.2 Å². The summed E-state index contributed by atoms with van der Waals surface area (Å²) in [5.74, 6) is -0.220. The molecular weight excluding hydrogens is 438 g/mol. The molecule has 2 aromatic rings. The summed E-state index contributed by atoms with van der Waals surface area (Å²) in [7, 11) is 1.52. The van der Waals surface area contributed by atoms with E-state index in [1.807, 2.05) is 25.1 Å². The maximum atomic E-state index is 12.9. The quantitative estimate of drug-likeness (QED) is 0.410. The van der Waals surface area contributed by atoms with Gasteiger partial charge in [-0.2, -0.15) is 0 Å². The molecule has 2 aromatic carbocycles. The third-order valence-corrected chi connectivity index (χ3v) is 5.29. The summed E-state index contributed by atoms with van der Waals surface area (Å²) < 4.78 is 15.7. The first kappa shape index (κ1) is 24.8. The van der Waals surface area contributed by atoms with Gasteiger partial charge in [-0.15, -0.1) is 0 Å². The summed E-state index contributed by atoms with van der Waals surface area (Å²) in [6.45, 7) is 4.22. The maximum absolute atomic E-state index is 12.9. The number of methoxy groups -OCH3 is 1. The Morgan fingerprint density at radius 2 is 1.76 bits per heavy atom. The van der Waals surface area contributed by atoms with Crippen LogP contribution in [0.2, 0.25) is 0 Å². The van der Waals surface area contributed by atoms with Crippen molar-refractivity contribution in [1.29, 1.82) is 0 Å². The first-order valence-electron chi connectivity index (χ1n) is 11.0. The van der Waals surface area contributed by atoms with Gasteiger partial charge in [0, 0.05) is 25.0 Å². The second-order valence-electron chi connectivity index (χ2n) is 7.53. The molecule has 1 aliphatic rings. The van der Waals surface area contributed by atoms with Crippen LogP contribution in [0.15, 0.2) is 65.9 Å². The molecule has 0 saturated carbocycles. The lowest BCUT2D eigenvalue weighted by molar-refractivity contribution is -0.141. The Labute approximate surface area is 198 Å². The second-order valence-corrected chi connectivity index (χ2v) is 7.53. The van der Waals surface area contributed by atoms with Crippen LogP contribution in [0.5, 0.6) is 5.75 Å². The molecule has 0 aromatic heterocycles. The molecule has 3 rings (SSSR count). The van der Waals surface area contributed by atoms with Crippen LogP contribution in [0.4, 0.5) is 10.5 Å². The monoisotopic (exact) mass is 467 g/mol. The number of anilines is 1. The van der Waals surface area contributed by atoms with E-state index < -0.39 is 12.0 Å². The molecule has 34 heavy (non-hydrogen) atoms. The molecule has 0 saturated heterocycles. The number of benzene rings is 2. The lowest BCUT2D eigenvalue weighted by Crippen LogP contribution is -2.47. The second kappa shape index (κ2) is 11.9. The number of urea groups is 1. The van der Waals surface area contributed by atoms with Gasteiger partial charge in [0.15, 0.2) is 6.61 Å². The highest BCUT2D eigenvalue weighted by atomic mass is 16.6. The highest BCUT2D eigenvalue weighted by Gasteiger charge is 2.35. The fraction of sp³-hybridized carbons (Fsp3) is 0.320. The molecule has 0 radical (unpaired) electrons. The molecule has 0 bridgehead atoms. The first-order chi connectivity index (χ1) is 16.4. The molecule has 2 N–H and O–H groups in total. The van der Waals surface area contributed by atoms with Crippen LogP contribution in [-0.2, 0) is 19.1 Å². The Morgan fingerprint density at radius 1 is 1.06 bits per heavy atom. The summed E-state index contributed by atoms with van der Waals surface area (Å²) in [6.07, 6.45) is 0. The molecule has 3 amide bonds. The van der Waals surface area contributed by atoms with Crippen LogP contribution < -0.4 is 15.4 Å². The number of para-hydroxylation sites is 1. The number of hydrogen-bond acceptors (Lipinski definition) is 6. The lowest BCUT2D eigenvalue weighted by atomic mass is 9.94. The minimum absolute atomic E-state index is 0.106. The third-order valence-electron chi connectivity index (χ3n) is 5.29. The zero-order valence-corrected chi connectivity index (χ0v) is 19.5. The molecular formula is C25H29N3O6. The first-order valence-corrected chi connectivity index (χ1v) is 11.0. The SMILES string of the molecule is CCN1C(=O)NC(c2ccc(NC(=O)COc3ccccc3)cc2)C(C(=O)OCCOC)=C1C. The van der Waals surface area contributed by atoms with Crippen LogP contribution in [0.1, 0.15) is 25.5 Å². The van der Waals surface area contributed by atoms with Crippen LogP contribution in [0, 0.1) is 0 Å². The average Bonchev–Trinajstić information content (AvgIpc) is 2.84. The maximum Gasteiger partial charge on any atom is 0.338 e. The molecule has 0 aliphatic carbocycles. The molecule has 1 unspecified atom stereocenters. The number of nitrogens with one attached hydrogen (secondary N) is 2.